The first kappa shape index (κ1) is 30.0. The molecule has 4 atom stereocenters. The van der Waals surface area contributed by atoms with Gasteiger partial charge in [-0.25, -0.2) is 4.79 Å². The van der Waals surface area contributed by atoms with E-state index >= 15 is 0 Å². The monoisotopic (exact) mass is 516 g/mol. The third-order valence-corrected chi connectivity index (χ3v) is 6.03. The number of aliphatic imine (C=N–C) groups is 1. The van der Waals surface area contributed by atoms with Gasteiger partial charge >= 0.3 is 5.97 Å². The lowest BCUT2D eigenvalue weighted by Crippen LogP contribution is -2.57. The highest BCUT2D eigenvalue weighted by molar-refractivity contribution is 7.98. The van der Waals surface area contributed by atoms with Gasteiger partial charge in [-0.05, 0) is 44.1 Å². The topological polar surface area (TPSA) is 249 Å². The molecule has 0 aliphatic carbocycles. The van der Waals surface area contributed by atoms with E-state index < -0.39 is 54.3 Å². The second kappa shape index (κ2) is 15.0. The lowest BCUT2D eigenvalue weighted by Gasteiger charge is -2.28. The van der Waals surface area contributed by atoms with Gasteiger partial charge in [0.05, 0.1) is 12.5 Å². The zero-order valence-corrected chi connectivity index (χ0v) is 20.6. The van der Waals surface area contributed by atoms with Crippen LogP contribution >= 0.6 is 11.8 Å². The first-order valence-corrected chi connectivity index (χ1v) is 12.6. The maximum absolute atomic E-state index is 13.0. The molecule has 4 unspecified atom stereocenters. The molecule has 1 fully saturated rings. The predicted octanol–water partition coefficient (Wildman–Crippen LogP) is -2.96. The van der Waals surface area contributed by atoms with Gasteiger partial charge in [0.1, 0.15) is 18.1 Å². The van der Waals surface area contributed by atoms with E-state index in [9.17, 15) is 29.1 Å². The normalized spacial score (nSPS) is 17.7. The summed E-state index contributed by atoms with van der Waals surface area (Å²) >= 11 is 1.55. The van der Waals surface area contributed by atoms with Gasteiger partial charge in [-0.3, -0.25) is 24.2 Å². The molecule has 198 valence electrons. The number of carboxylic acid groups (broad SMARTS) is 1. The van der Waals surface area contributed by atoms with Crippen molar-refractivity contribution in [2.45, 2.75) is 62.7 Å². The first-order valence-electron chi connectivity index (χ1n) is 11.2. The molecule has 0 aromatic heterocycles. The fourth-order valence-electron chi connectivity index (χ4n) is 3.60. The van der Waals surface area contributed by atoms with Crippen molar-refractivity contribution in [1.82, 2.24) is 15.5 Å². The molecule has 1 saturated heterocycles. The zero-order valence-electron chi connectivity index (χ0n) is 19.8. The van der Waals surface area contributed by atoms with Crippen molar-refractivity contribution in [2.24, 2.45) is 27.9 Å². The standard InChI is InChI=1S/C20H36N8O6S/c1-35-9-6-11(21)18(32)28-8-3-5-14(28)17(31)27-13(10-15(22)29)16(30)26-12(19(33)34)4-2-7-25-20(23)24/h11-14H,2-10,21H2,1H3,(H2,22,29)(H,26,30)(H,27,31)(H,33,34)(H4,23,24,25). The minimum Gasteiger partial charge on any atom is -0.480 e. The molecular formula is C20H36N8O6S. The van der Waals surface area contributed by atoms with E-state index in [0.29, 0.717) is 31.6 Å². The minimum atomic E-state index is -1.41. The summed E-state index contributed by atoms with van der Waals surface area (Å²) in [5.74, 6) is -3.53. The van der Waals surface area contributed by atoms with Gasteiger partial charge in [-0.2, -0.15) is 11.8 Å². The number of rotatable bonds is 15. The second-order valence-electron chi connectivity index (χ2n) is 8.16. The predicted molar refractivity (Wildman–Crippen MR) is 131 cm³/mol. The Morgan fingerprint density at radius 2 is 1.80 bits per heavy atom. The number of thioether (sulfide) groups is 1. The summed E-state index contributed by atoms with van der Waals surface area (Å²) in [5, 5.41) is 14.2. The van der Waals surface area contributed by atoms with Crippen molar-refractivity contribution in [3.05, 3.63) is 0 Å². The summed E-state index contributed by atoms with van der Waals surface area (Å²) in [5.41, 5.74) is 21.7. The third kappa shape index (κ3) is 10.4. The summed E-state index contributed by atoms with van der Waals surface area (Å²) in [6.07, 6.45) is 3.00. The summed E-state index contributed by atoms with van der Waals surface area (Å²) in [7, 11) is 0. The van der Waals surface area contributed by atoms with Crippen LogP contribution in [-0.2, 0) is 24.0 Å². The number of carbonyl (C=O) groups excluding carboxylic acids is 4. The van der Waals surface area contributed by atoms with E-state index in [1.807, 2.05) is 6.26 Å². The van der Waals surface area contributed by atoms with Crippen LogP contribution in [0.5, 0.6) is 0 Å². The molecular weight excluding hydrogens is 480 g/mol. The Morgan fingerprint density at radius 3 is 2.37 bits per heavy atom. The zero-order chi connectivity index (χ0) is 26.5. The molecule has 0 saturated carbocycles. The molecule has 1 heterocycles. The SMILES string of the molecule is CSCCC(N)C(=O)N1CCCC1C(=O)NC(CC(N)=O)C(=O)NC(CCCN=C(N)N)C(=O)O. The van der Waals surface area contributed by atoms with Crippen LogP contribution in [0.25, 0.3) is 0 Å². The molecule has 14 nitrogen and oxygen atoms in total. The molecule has 0 radical (unpaired) electrons. The van der Waals surface area contributed by atoms with E-state index in [4.69, 9.17) is 22.9 Å². The molecule has 15 heteroatoms. The van der Waals surface area contributed by atoms with Crippen molar-refractivity contribution in [3.8, 4) is 0 Å². The number of guanidine groups is 1. The number of likely N-dealkylation sites (tertiary alicyclic amines) is 1. The van der Waals surface area contributed by atoms with Gasteiger partial charge in [0.2, 0.25) is 23.6 Å². The molecule has 0 spiro atoms. The van der Waals surface area contributed by atoms with Crippen LogP contribution < -0.4 is 33.6 Å². The molecule has 1 aliphatic rings. The van der Waals surface area contributed by atoms with E-state index in [2.05, 4.69) is 15.6 Å². The highest BCUT2D eigenvalue weighted by Crippen LogP contribution is 2.19. The minimum absolute atomic E-state index is 0.00787. The van der Waals surface area contributed by atoms with Crippen LogP contribution in [0.15, 0.2) is 4.99 Å². The maximum Gasteiger partial charge on any atom is 0.326 e. The quantitative estimate of drug-likeness (QED) is 0.0661. The number of nitrogens with two attached hydrogens (primary N) is 4. The average Bonchev–Trinajstić information content (AvgIpc) is 3.27. The number of carbonyl (C=O) groups is 5. The smallest absolute Gasteiger partial charge is 0.326 e. The van der Waals surface area contributed by atoms with Crippen LogP contribution in [0, 0.1) is 0 Å². The molecule has 4 amide bonds. The van der Waals surface area contributed by atoms with E-state index in [0.717, 1.165) is 0 Å². The van der Waals surface area contributed by atoms with Gasteiger partial charge < -0.3 is 43.6 Å². The average molecular weight is 517 g/mol. The van der Waals surface area contributed by atoms with Gasteiger partial charge in [-0.15, -0.1) is 0 Å². The van der Waals surface area contributed by atoms with Crippen LogP contribution in [0.4, 0.5) is 0 Å². The lowest BCUT2D eigenvalue weighted by molar-refractivity contribution is -0.143. The summed E-state index contributed by atoms with van der Waals surface area (Å²) < 4.78 is 0. The summed E-state index contributed by atoms with van der Waals surface area (Å²) in [4.78, 5) is 66.6. The third-order valence-electron chi connectivity index (χ3n) is 5.39. The number of primary amides is 1. The number of nitrogens with zero attached hydrogens (tertiary/aromatic N) is 2. The van der Waals surface area contributed by atoms with Crippen LogP contribution in [0.3, 0.4) is 0 Å². The van der Waals surface area contributed by atoms with Crippen LogP contribution in [-0.4, -0.2) is 94.8 Å². The Balaban J connectivity index is 2.86. The molecule has 35 heavy (non-hydrogen) atoms. The van der Waals surface area contributed by atoms with Crippen molar-refractivity contribution < 1.29 is 29.1 Å². The highest BCUT2D eigenvalue weighted by Gasteiger charge is 2.38. The van der Waals surface area contributed by atoms with Crippen molar-refractivity contribution in [2.75, 3.05) is 25.1 Å². The largest absolute Gasteiger partial charge is 0.480 e. The number of carboxylic acids is 1. The Kier molecular flexibility index (Phi) is 12.9. The number of hydrogen-bond donors (Lipinski definition) is 7. The molecule has 1 rings (SSSR count). The Bertz CT molecular complexity index is 806. The Morgan fingerprint density at radius 1 is 1.11 bits per heavy atom. The molecule has 11 N–H and O–H groups in total. The molecule has 1 aliphatic heterocycles. The van der Waals surface area contributed by atoms with E-state index in [-0.39, 0.29) is 31.3 Å². The summed E-state index contributed by atoms with van der Waals surface area (Å²) in [6.45, 7) is 0.502. The highest BCUT2D eigenvalue weighted by atomic mass is 32.2. The van der Waals surface area contributed by atoms with Crippen LogP contribution in [0.2, 0.25) is 0 Å². The summed E-state index contributed by atoms with van der Waals surface area (Å²) in [6, 6.07) is -4.33. The van der Waals surface area contributed by atoms with Crippen molar-refractivity contribution in [3.63, 3.8) is 0 Å². The number of aliphatic carboxylic acids is 1. The van der Waals surface area contributed by atoms with Gasteiger partial charge in [0.25, 0.3) is 0 Å². The second-order valence-corrected chi connectivity index (χ2v) is 9.14. The fraction of sp³-hybridized carbons (Fsp3) is 0.700. The Hall–Kier alpha value is -3.07. The van der Waals surface area contributed by atoms with E-state index in [1.165, 1.54) is 4.90 Å². The lowest BCUT2D eigenvalue weighted by atomic mass is 10.1. The molecule has 0 aromatic rings. The Labute approximate surface area is 208 Å². The molecule has 0 aromatic carbocycles. The fourth-order valence-corrected chi connectivity index (χ4v) is 4.09. The number of hydrogen-bond acceptors (Lipinski definition) is 8. The van der Waals surface area contributed by atoms with Crippen LogP contribution in [0.1, 0.15) is 38.5 Å². The molecule has 0 bridgehead atoms. The van der Waals surface area contributed by atoms with E-state index in [1.54, 1.807) is 11.8 Å². The number of amides is 4. The first-order chi connectivity index (χ1) is 16.5. The van der Waals surface area contributed by atoms with Gasteiger partial charge in [0.15, 0.2) is 5.96 Å². The van der Waals surface area contributed by atoms with Crippen molar-refractivity contribution >= 4 is 47.3 Å². The van der Waals surface area contributed by atoms with Crippen molar-refractivity contribution in [1.29, 1.82) is 0 Å². The maximum atomic E-state index is 13.0. The van der Waals surface area contributed by atoms with Gasteiger partial charge in [0, 0.05) is 13.1 Å². The number of nitrogens with one attached hydrogen (secondary N) is 2. The van der Waals surface area contributed by atoms with Gasteiger partial charge in [-0.1, -0.05) is 0 Å².